The lowest BCUT2D eigenvalue weighted by molar-refractivity contribution is -0.118. The number of methoxy groups -OCH3 is 1. The Bertz CT molecular complexity index is 1440. The summed E-state index contributed by atoms with van der Waals surface area (Å²) in [4.78, 5) is 41.3. The van der Waals surface area contributed by atoms with E-state index in [4.69, 9.17) is 9.72 Å². The van der Waals surface area contributed by atoms with Gasteiger partial charge in [0.2, 0.25) is 11.9 Å². The highest BCUT2D eigenvalue weighted by molar-refractivity contribution is 5.98. The molecule has 1 atom stereocenters. The third-order valence-corrected chi connectivity index (χ3v) is 8.38. The predicted molar refractivity (Wildman–Crippen MR) is 155 cm³/mol. The SMILES string of the molecule is COc1cc(C(=O)NC2CN3CCC2CC3)ccc1Nc1ncc2c(n1)N(c1ccccc1C)CCC(=O)N2C. The first-order valence-corrected chi connectivity index (χ1v) is 13.9. The van der Waals surface area contributed by atoms with Gasteiger partial charge in [0, 0.05) is 43.9 Å². The number of aryl methyl sites for hydroxylation is 1. The highest BCUT2D eigenvalue weighted by Gasteiger charge is 2.35. The van der Waals surface area contributed by atoms with Crippen molar-refractivity contribution in [2.45, 2.75) is 32.2 Å². The lowest BCUT2D eigenvalue weighted by Crippen LogP contribution is -2.57. The molecule has 0 saturated carbocycles. The number of carbonyl (C=O) groups is 2. The van der Waals surface area contributed by atoms with Crippen molar-refractivity contribution < 1.29 is 14.3 Å². The van der Waals surface area contributed by atoms with Crippen LogP contribution >= 0.6 is 0 Å². The molecule has 10 nitrogen and oxygen atoms in total. The molecular weight excluding hydrogens is 506 g/mol. The van der Waals surface area contributed by atoms with Gasteiger partial charge < -0.3 is 30.1 Å². The number of benzene rings is 2. The molecule has 2 N–H and O–H groups in total. The summed E-state index contributed by atoms with van der Waals surface area (Å²) in [5.41, 5.74) is 3.91. The molecule has 2 amide bonds. The summed E-state index contributed by atoms with van der Waals surface area (Å²) in [6.07, 6.45) is 4.31. The van der Waals surface area contributed by atoms with E-state index in [-0.39, 0.29) is 17.9 Å². The molecule has 3 fully saturated rings. The van der Waals surface area contributed by atoms with E-state index in [2.05, 4.69) is 25.4 Å². The number of nitrogens with one attached hydrogen (secondary N) is 2. The van der Waals surface area contributed by atoms with Crippen LogP contribution in [-0.2, 0) is 4.79 Å². The van der Waals surface area contributed by atoms with E-state index in [9.17, 15) is 9.59 Å². The zero-order chi connectivity index (χ0) is 27.8. The molecule has 10 heteroatoms. The maximum absolute atomic E-state index is 13.1. The van der Waals surface area contributed by atoms with Crippen LogP contribution in [0.5, 0.6) is 5.75 Å². The second-order valence-corrected chi connectivity index (χ2v) is 10.8. The van der Waals surface area contributed by atoms with Crippen molar-refractivity contribution in [2.75, 3.05) is 55.5 Å². The fourth-order valence-electron chi connectivity index (χ4n) is 6.01. The maximum atomic E-state index is 13.1. The van der Waals surface area contributed by atoms with Gasteiger partial charge in [0.05, 0.1) is 19.0 Å². The zero-order valence-electron chi connectivity index (χ0n) is 23.2. The number of fused-ring (bicyclic) bond motifs is 4. The molecule has 4 aliphatic rings. The normalized spacial score (nSPS) is 22.0. The minimum atomic E-state index is -0.0912. The zero-order valence-corrected chi connectivity index (χ0v) is 23.2. The number of hydrogen-bond acceptors (Lipinski definition) is 8. The minimum absolute atomic E-state index is 0.00965. The Balaban J connectivity index is 1.26. The molecule has 2 bridgehead atoms. The van der Waals surface area contributed by atoms with Gasteiger partial charge in [-0.2, -0.15) is 4.98 Å². The molecule has 1 unspecified atom stereocenters. The van der Waals surface area contributed by atoms with E-state index < -0.39 is 0 Å². The second kappa shape index (κ2) is 10.8. The smallest absolute Gasteiger partial charge is 0.251 e. The average Bonchev–Trinajstić information content (AvgIpc) is 3.10. The van der Waals surface area contributed by atoms with Crippen LogP contribution in [-0.4, -0.2) is 73.1 Å². The quantitative estimate of drug-likeness (QED) is 0.485. The topological polar surface area (TPSA) is 103 Å². The Kier molecular flexibility index (Phi) is 7.02. The van der Waals surface area contributed by atoms with Crippen LogP contribution in [0.4, 0.5) is 28.8 Å². The number of para-hydroxylation sites is 1. The minimum Gasteiger partial charge on any atom is -0.495 e. The molecule has 1 aromatic heterocycles. The molecule has 40 heavy (non-hydrogen) atoms. The van der Waals surface area contributed by atoms with Crippen molar-refractivity contribution >= 4 is 40.6 Å². The second-order valence-electron chi connectivity index (χ2n) is 10.8. The summed E-state index contributed by atoms with van der Waals surface area (Å²) in [5, 5.41) is 6.50. The van der Waals surface area contributed by atoms with Crippen molar-refractivity contribution in [3.63, 3.8) is 0 Å². The number of anilines is 5. The van der Waals surface area contributed by atoms with Crippen molar-refractivity contribution in [3.05, 3.63) is 59.8 Å². The fourth-order valence-corrected chi connectivity index (χ4v) is 6.01. The molecule has 0 aliphatic carbocycles. The molecule has 0 spiro atoms. The molecule has 4 aliphatic heterocycles. The lowest BCUT2D eigenvalue weighted by atomic mass is 9.84. The molecule has 208 valence electrons. The van der Waals surface area contributed by atoms with Crippen LogP contribution < -0.4 is 25.2 Å². The Labute approximate surface area is 234 Å². The van der Waals surface area contributed by atoms with Gasteiger partial charge in [-0.15, -0.1) is 0 Å². The third kappa shape index (κ3) is 4.95. The van der Waals surface area contributed by atoms with E-state index in [1.807, 2.05) is 37.3 Å². The number of amides is 2. The molecule has 3 aromatic rings. The van der Waals surface area contributed by atoms with E-state index in [0.717, 1.165) is 43.7 Å². The van der Waals surface area contributed by atoms with Gasteiger partial charge >= 0.3 is 0 Å². The summed E-state index contributed by atoms with van der Waals surface area (Å²) in [6, 6.07) is 13.6. The van der Waals surface area contributed by atoms with Gasteiger partial charge in [0.1, 0.15) is 11.4 Å². The fraction of sp³-hybridized carbons (Fsp3) is 0.400. The Morgan fingerprint density at radius 1 is 1.07 bits per heavy atom. The molecular formula is C30H35N7O3. The Morgan fingerprint density at radius 3 is 2.60 bits per heavy atom. The Morgan fingerprint density at radius 2 is 1.88 bits per heavy atom. The van der Waals surface area contributed by atoms with Gasteiger partial charge in [-0.3, -0.25) is 9.59 Å². The van der Waals surface area contributed by atoms with Crippen LogP contribution in [0, 0.1) is 12.8 Å². The number of nitrogens with zero attached hydrogens (tertiary/aromatic N) is 5. The van der Waals surface area contributed by atoms with Crippen LogP contribution in [0.15, 0.2) is 48.7 Å². The summed E-state index contributed by atoms with van der Waals surface area (Å²) in [5.74, 6) is 2.00. The summed E-state index contributed by atoms with van der Waals surface area (Å²) >= 11 is 0. The maximum Gasteiger partial charge on any atom is 0.251 e. The summed E-state index contributed by atoms with van der Waals surface area (Å²) in [6.45, 7) is 5.73. The standard InChI is InChI=1S/C30H35N7O3/c1-19-6-4-5-7-24(19)37-15-12-27(38)35(2)25-17-31-30(34-28(25)37)33-22-9-8-21(16-26(22)40-3)29(39)32-23-18-36-13-10-20(23)11-14-36/h4-9,16-17,20,23H,10-15,18H2,1-3H3,(H,32,39)(H,31,33,34). The molecule has 2 aromatic carbocycles. The number of ether oxygens (including phenoxy) is 1. The van der Waals surface area contributed by atoms with Crippen molar-refractivity contribution in [1.29, 1.82) is 0 Å². The van der Waals surface area contributed by atoms with E-state index in [0.29, 0.717) is 53.3 Å². The van der Waals surface area contributed by atoms with Crippen LogP contribution in [0.2, 0.25) is 0 Å². The number of carbonyl (C=O) groups excluding carboxylic acids is 2. The van der Waals surface area contributed by atoms with Crippen molar-refractivity contribution in [2.24, 2.45) is 5.92 Å². The van der Waals surface area contributed by atoms with Gasteiger partial charge in [-0.1, -0.05) is 18.2 Å². The average molecular weight is 542 g/mol. The van der Waals surface area contributed by atoms with Crippen molar-refractivity contribution in [3.8, 4) is 5.75 Å². The number of aromatic nitrogens is 2. The van der Waals surface area contributed by atoms with Crippen LogP contribution in [0.3, 0.4) is 0 Å². The van der Waals surface area contributed by atoms with Gasteiger partial charge in [0.25, 0.3) is 5.91 Å². The summed E-state index contributed by atoms with van der Waals surface area (Å²) < 4.78 is 5.65. The monoisotopic (exact) mass is 541 g/mol. The third-order valence-electron chi connectivity index (χ3n) is 8.38. The first-order valence-electron chi connectivity index (χ1n) is 13.9. The Hall–Kier alpha value is -4.18. The molecule has 7 rings (SSSR count). The highest BCUT2D eigenvalue weighted by atomic mass is 16.5. The molecule has 0 radical (unpaired) electrons. The first-order chi connectivity index (χ1) is 19.4. The number of hydrogen-bond donors (Lipinski definition) is 2. The largest absolute Gasteiger partial charge is 0.495 e. The van der Waals surface area contributed by atoms with Gasteiger partial charge in [-0.05, 0) is 68.6 Å². The first kappa shape index (κ1) is 26.1. The number of piperidine rings is 3. The number of rotatable bonds is 6. The molecule has 5 heterocycles. The van der Waals surface area contributed by atoms with E-state index in [1.165, 1.54) is 0 Å². The van der Waals surface area contributed by atoms with Gasteiger partial charge in [0.15, 0.2) is 5.82 Å². The summed E-state index contributed by atoms with van der Waals surface area (Å²) in [7, 11) is 3.33. The van der Waals surface area contributed by atoms with Crippen LogP contribution in [0.25, 0.3) is 0 Å². The lowest BCUT2D eigenvalue weighted by Gasteiger charge is -2.44. The van der Waals surface area contributed by atoms with E-state index >= 15 is 0 Å². The van der Waals surface area contributed by atoms with E-state index in [1.54, 1.807) is 37.4 Å². The highest BCUT2D eigenvalue weighted by Crippen LogP contribution is 2.38. The van der Waals surface area contributed by atoms with Crippen LogP contribution in [0.1, 0.15) is 35.2 Å². The molecule has 3 saturated heterocycles. The van der Waals surface area contributed by atoms with Crippen molar-refractivity contribution in [1.82, 2.24) is 20.2 Å². The van der Waals surface area contributed by atoms with Gasteiger partial charge in [-0.25, -0.2) is 4.98 Å². The predicted octanol–water partition coefficient (Wildman–Crippen LogP) is 3.87.